The Morgan fingerprint density at radius 3 is 1.86 bits per heavy atom. The number of hydrogen-bond acceptors (Lipinski definition) is 19. The monoisotopic (exact) mass is 923 g/mol. The Morgan fingerprint density at radius 1 is 0.609 bits per heavy atom. The fraction of sp³-hybridized carbons (Fsp3) is 1.00. The highest BCUT2D eigenvalue weighted by molar-refractivity contribution is 5.13. The molecule has 7 aliphatic rings. The summed E-state index contributed by atoms with van der Waals surface area (Å²) in [4.78, 5) is 0. The van der Waals surface area contributed by atoms with Crippen LogP contribution < -0.4 is 0 Å². The van der Waals surface area contributed by atoms with Crippen LogP contribution in [0.15, 0.2) is 0 Å². The lowest BCUT2D eigenvalue weighted by atomic mass is 9.43. The molecule has 0 radical (unpaired) electrons. The Morgan fingerprint density at radius 2 is 1.20 bits per heavy atom. The molecule has 0 aromatic heterocycles. The number of hydrogen-bond donors (Lipinski definition) is 13. The quantitative estimate of drug-likeness (QED) is 0.0877. The van der Waals surface area contributed by atoms with Crippen LogP contribution in [0.3, 0.4) is 0 Å². The third kappa shape index (κ3) is 9.34. The number of aliphatic hydroxyl groups is 13. The molecule has 0 spiro atoms. The van der Waals surface area contributed by atoms with Crippen molar-refractivity contribution in [2.45, 2.75) is 216 Å². The Labute approximate surface area is 375 Å². The van der Waals surface area contributed by atoms with Gasteiger partial charge < -0.3 is 94.8 Å². The van der Waals surface area contributed by atoms with Gasteiger partial charge in [-0.3, -0.25) is 0 Å². The molecular formula is C45H78O19. The van der Waals surface area contributed by atoms with Crippen LogP contribution in [0.4, 0.5) is 0 Å². The minimum Gasteiger partial charge on any atom is -0.394 e. The van der Waals surface area contributed by atoms with Crippen LogP contribution in [0.5, 0.6) is 0 Å². The van der Waals surface area contributed by atoms with Crippen LogP contribution in [0.2, 0.25) is 0 Å². The van der Waals surface area contributed by atoms with Crippen LogP contribution in [0, 0.1) is 52.3 Å². The van der Waals surface area contributed by atoms with E-state index in [1.54, 1.807) is 6.92 Å². The molecule has 13 N–H and O–H groups in total. The highest BCUT2D eigenvalue weighted by atomic mass is 16.7. The zero-order chi connectivity index (χ0) is 46.9. The van der Waals surface area contributed by atoms with Gasteiger partial charge in [0.1, 0.15) is 67.1 Å². The van der Waals surface area contributed by atoms with Gasteiger partial charge in [0.2, 0.25) is 0 Å². The Kier molecular flexibility index (Phi) is 15.9. The van der Waals surface area contributed by atoms with Crippen molar-refractivity contribution < 1.29 is 94.8 Å². The van der Waals surface area contributed by atoms with Crippen LogP contribution in [0.25, 0.3) is 0 Å². The van der Waals surface area contributed by atoms with Crippen molar-refractivity contribution in [1.29, 1.82) is 0 Å². The molecule has 7 rings (SSSR count). The topological polar surface area (TPSA) is 318 Å². The zero-order valence-corrected chi connectivity index (χ0v) is 37.9. The van der Waals surface area contributed by atoms with E-state index in [1.807, 2.05) is 13.8 Å². The molecule has 28 unspecified atom stereocenters. The molecule has 0 bridgehead atoms. The lowest BCUT2D eigenvalue weighted by molar-refractivity contribution is -0.338. The summed E-state index contributed by atoms with van der Waals surface area (Å²) in [5.41, 5.74) is -0.523. The van der Waals surface area contributed by atoms with Crippen molar-refractivity contribution in [3.63, 3.8) is 0 Å². The summed E-state index contributed by atoms with van der Waals surface area (Å²) in [6.45, 7) is 10.8. The van der Waals surface area contributed by atoms with Crippen molar-refractivity contribution in [2.75, 3.05) is 13.2 Å². The predicted molar refractivity (Wildman–Crippen MR) is 221 cm³/mol. The van der Waals surface area contributed by atoms with Crippen LogP contribution in [0.1, 0.15) is 92.9 Å². The summed E-state index contributed by atoms with van der Waals surface area (Å²) in [6, 6.07) is 0. The standard InChI is InChI=1S/C45H78O19/c1-17(2)40(64-42-38(57)34(53)31(50)19(4)60-42)27(49)11-18(3)30-26(48)14-23-21-13-25(47)24-12-20(7-9-44(24,5)22(21)8-10-45(23,30)6)61-43-39(58)36(55)33(52)29(63-43)16-59-41-37(56)35(54)32(51)28(15-46)62-41/h17-43,46-58H,7-16H2,1-6H3. The molecule has 7 fully saturated rings. The molecule has 372 valence electrons. The van der Waals surface area contributed by atoms with Gasteiger partial charge in [0, 0.05) is 0 Å². The summed E-state index contributed by atoms with van der Waals surface area (Å²) >= 11 is 0. The maximum absolute atomic E-state index is 12.0. The number of rotatable bonds is 13. The van der Waals surface area contributed by atoms with E-state index < -0.39 is 136 Å². The molecule has 19 nitrogen and oxygen atoms in total. The van der Waals surface area contributed by atoms with Crippen molar-refractivity contribution in [3.8, 4) is 0 Å². The van der Waals surface area contributed by atoms with E-state index in [4.69, 9.17) is 28.4 Å². The van der Waals surface area contributed by atoms with Crippen molar-refractivity contribution in [2.24, 2.45) is 52.3 Å². The predicted octanol–water partition coefficient (Wildman–Crippen LogP) is -2.15. The molecule has 3 heterocycles. The maximum atomic E-state index is 12.0. The average molecular weight is 923 g/mol. The second-order valence-corrected chi connectivity index (χ2v) is 21.5. The van der Waals surface area contributed by atoms with E-state index in [0.717, 1.165) is 12.8 Å². The highest BCUT2D eigenvalue weighted by Gasteiger charge is 2.65. The van der Waals surface area contributed by atoms with Gasteiger partial charge in [0.25, 0.3) is 0 Å². The molecule has 0 amide bonds. The Bertz CT molecular complexity index is 1530. The first kappa shape index (κ1) is 51.1. The largest absolute Gasteiger partial charge is 0.394 e. The van der Waals surface area contributed by atoms with Gasteiger partial charge in [-0.2, -0.15) is 0 Å². The maximum Gasteiger partial charge on any atom is 0.186 e. The van der Waals surface area contributed by atoms with Gasteiger partial charge in [-0.25, -0.2) is 0 Å². The summed E-state index contributed by atoms with van der Waals surface area (Å²) in [6.07, 6.45) is -20.1. The Hall–Kier alpha value is -0.760. The van der Waals surface area contributed by atoms with Crippen LogP contribution in [-0.4, -0.2) is 202 Å². The van der Waals surface area contributed by atoms with Gasteiger partial charge >= 0.3 is 0 Å². The van der Waals surface area contributed by atoms with Gasteiger partial charge in [0.05, 0.1) is 49.8 Å². The van der Waals surface area contributed by atoms with Crippen molar-refractivity contribution >= 4 is 0 Å². The molecular weight excluding hydrogens is 844 g/mol. The molecule has 3 saturated heterocycles. The molecule has 3 aliphatic heterocycles. The van der Waals surface area contributed by atoms with E-state index >= 15 is 0 Å². The lowest BCUT2D eigenvalue weighted by Gasteiger charge is -2.62. The second kappa shape index (κ2) is 19.9. The van der Waals surface area contributed by atoms with Crippen LogP contribution in [-0.2, 0) is 28.4 Å². The summed E-state index contributed by atoms with van der Waals surface area (Å²) < 4.78 is 35.0. The average Bonchev–Trinajstić information content (AvgIpc) is 3.53. The number of fused-ring (bicyclic) bond motifs is 5. The molecule has 0 aromatic rings. The van der Waals surface area contributed by atoms with Gasteiger partial charge in [0.15, 0.2) is 18.9 Å². The van der Waals surface area contributed by atoms with E-state index in [-0.39, 0.29) is 52.3 Å². The number of aliphatic hydroxyl groups excluding tert-OH is 13. The highest BCUT2D eigenvalue weighted by Crippen LogP contribution is 2.68. The molecule has 28 atom stereocenters. The van der Waals surface area contributed by atoms with Gasteiger partial charge in [-0.15, -0.1) is 0 Å². The normalized spacial score (nSPS) is 53.5. The zero-order valence-electron chi connectivity index (χ0n) is 37.9. The smallest absolute Gasteiger partial charge is 0.186 e. The summed E-state index contributed by atoms with van der Waals surface area (Å²) in [5.74, 6) is -0.0528. The third-order valence-electron chi connectivity index (χ3n) is 17.4. The third-order valence-corrected chi connectivity index (χ3v) is 17.4. The summed E-state index contributed by atoms with van der Waals surface area (Å²) in [5, 5.41) is 139. The molecule has 19 heteroatoms. The number of ether oxygens (including phenoxy) is 6. The van der Waals surface area contributed by atoms with E-state index in [1.165, 1.54) is 0 Å². The fourth-order valence-corrected chi connectivity index (χ4v) is 13.9. The lowest BCUT2D eigenvalue weighted by Crippen LogP contribution is -2.62. The molecule has 0 aromatic carbocycles. The first-order valence-electron chi connectivity index (χ1n) is 23.7. The fourth-order valence-electron chi connectivity index (χ4n) is 13.9. The van der Waals surface area contributed by atoms with Gasteiger partial charge in [-0.05, 0) is 111 Å². The minimum atomic E-state index is -1.69. The summed E-state index contributed by atoms with van der Waals surface area (Å²) in [7, 11) is 0. The van der Waals surface area contributed by atoms with Gasteiger partial charge in [-0.1, -0.05) is 34.6 Å². The second-order valence-electron chi connectivity index (χ2n) is 21.5. The SMILES string of the molecule is CC(C)C(OC1OC(C)C(O)C(O)C1O)C(O)CC(C)C1C(O)CC2C3CC(O)C4CC(OC5OC(COC6OC(CO)C(O)C(O)C6O)C(O)C(O)C5O)CCC4(C)C3CCC21C. The minimum absolute atomic E-state index is 0.120. The molecule has 64 heavy (non-hydrogen) atoms. The van der Waals surface area contributed by atoms with E-state index in [2.05, 4.69) is 20.8 Å². The van der Waals surface area contributed by atoms with E-state index in [0.29, 0.717) is 38.5 Å². The first-order valence-corrected chi connectivity index (χ1v) is 23.7. The molecule has 4 aliphatic carbocycles. The first-order chi connectivity index (χ1) is 30.0. The molecule has 4 saturated carbocycles. The van der Waals surface area contributed by atoms with Crippen LogP contribution >= 0.6 is 0 Å². The van der Waals surface area contributed by atoms with E-state index in [9.17, 15) is 66.4 Å². The van der Waals surface area contributed by atoms with Crippen molar-refractivity contribution in [1.82, 2.24) is 0 Å². The Balaban J connectivity index is 0.968. The van der Waals surface area contributed by atoms with Crippen molar-refractivity contribution in [3.05, 3.63) is 0 Å².